The molecule has 0 radical (unpaired) electrons. The summed E-state index contributed by atoms with van der Waals surface area (Å²) < 4.78 is 15.8. The van der Waals surface area contributed by atoms with Crippen molar-refractivity contribution in [3.63, 3.8) is 0 Å². The Morgan fingerprint density at radius 1 is 0.850 bits per heavy atom. The van der Waals surface area contributed by atoms with Crippen molar-refractivity contribution in [3.8, 4) is 17.2 Å². The highest BCUT2D eigenvalue weighted by atomic mass is 16.5. The smallest absolute Gasteiger partial charge is 0.165 e. The largest absolute Gasteiger partial charge is 0.497 e. The Kier molecular flexibility index (Phi) is 4.71. The number of hydrogen-bond acceptors (Lipinski definition) is 4. The Labute approximate surface area is 119 Å². The second-order valence-electron chi connectivity index (χ2n) is 4.23. The minimum absolute atomic E-state index is 0.659. The molecule has 0 bridgehead atoms. The zero-order valence-corrected chi connectivity index (χ0v) is 12.0. The van der Waals surface area contributed by atoms with Crippen molar-refractivity contribution in [3.05, 3.63) is 48.0 Å². The Balaban J connectivity index is 2.10. The van der Waals surface area contributed by atoms with Crippen molar-refractivity contribution < 1.29 is 14.2 Å². The molecule has 0 aliphatic rings. The molecule has 0 aromatic heterocycles. The predicted molar refractivity (Wildman–Crippen MR) is 79.9 cm³/mol. The van der Waals surface area contributed by atoms with Crippen LogP contribution in [-0.2, 0) is 6.54 Å². The van der Waals surface area contributed by atoms with E-state index in [4.69, 9.17) is 14.2 Å². The summed E-state index contributed by atoms with van der Waals surface area (Å²) in [6.07, 6.45) is 0. The molecule has 2 aromatic carbocycles. The number of nitrogens with one attached hydrogen (secondary N) is 1. The van der Waals surface area contributed by atoms with Gasteiger partial charge in [-0.3, -0.25) is 0 Å². The zero-order chi connectivity index (χ0) is 14.4. The van der Waals surface area contributed by atoms with Gasteiger partial charge in [-0.2, -0.15) is 0 Å². The lowest BCUT2D eigenvalue weighted by atomic mass is 10.1. The van der Waals surface area contributed by atoms with Crippen molar-refractivity contribution >= 4 is 5.69 Å². The lowest BCUT2D eigenvalue weighted by molar-refractivity contribution is 0.352. The summed E-state index contributed by atoms with van der Waals surface area (Å²) in [6, 6.07) is 13.6. The molecular formula is C16H19NO3. The SMILES string of the molecule is COc1ccc(NCc2cccc(OC)c2OC)cc1. The molecule has 106 valence electrons. The van der Waals surface area contributed by atoms with Gasteiger partial charge in [-0.25, -0.2) is 0 Å². The number of anilines is 1. The monoisotopic (exact) mass is 273 g/mol. The van der Waals surface area contributed by atoms with Crippen LogP contribution in [0.25, 0.3) is 0 Å². The molecule has 0 fully saturated rings. The van der Waals surface area contributed by atoms with Crippen LogP contribution in [0.1, 0.15) is 5.56 Å². The lowest BCUT2D eigenvalue weighted by Gasteiger charge is -2.13. The maximum atomic E-state index is 5.41. The van der Waals surface area contributed by atoms with Crippen LogP contribution in [0.2, 0.25) is 0 Å². The highest BCUT2D eigenvalue weighted by molar-refractivity contribution is 5.51. The third kappa shape index (κ3) is 3.15. The van der Waals surface area contributed by atoms with E-state index in [1.165, 1.54) is 0 Å². The van der Waals surface area contributed by atoms with Crippen molar-refractivity contribution in [2.75, 3.05) is 26.6 Å². The van der Waals surface area contributed by atoms with Crippen molar-refractivity contribution in [1.29, 1.82) is 0 Å². The van der Waals surface area contributed by atoms with Gasteiger partial charge in [0.25, 0.3) is 0 Å². The molecule has 0 unspecified atom stereocenters. The summed E-state index contributed by atoms with van der Waals surface area (Å²) in [5.41, 5.74) is 2.07. The van der Waals surface area contributed by atoms with Crippen LogP contribution in [-0.4, -0.2) is 21.3 Å². The van der Waals surface area contributed by atoms with Crippen LogP contribution >= 0.6 is 0 Å². The molecule has 0 spiro atoms. The average Bonchev–Trinajstić information content (AvgIpc) is 2.52. The molecule has 0 atom stereocenters. The van der Waals surface area contributed by atoms with Gasteiger partial charge in [-0.15, -0.1) is 0 Å². The Bertz CT molecular complexity index is 552. The molecule has 0 saturated carbocycles. The summed E-state index contributed by atoms with van der Waals surface area (Å²) in [4.78, 5) is 0. The highest BCUT2D eigenvalue weighted by Gasteiger charge is 2.08. The Morgan fingerprint density at radius 3 is 2.20 bits per heavy atom. The fraction of sp³-hybridized carbons (Fsp3) is 0.250. The molecule has 20 heavy (non-hydrogen) atoms. The van der Waals surface area contributed by atoms with Gasteiger partial charge in [0.15, 0.2) is 11.5 Å². The second-order valence-corrected chi connectivity index (χ2v) is 4.23. The van der Waals surface area contributed by atoms with E-state index in [2.05, 4.69) is 5.32 Å². The summed E-state index contributed by atoms with van der Waals surface area (Å²) >= 11 is 0. The van der Waals surface area contributed by atoms with Gasteiger partial charge >= 0.3 is 0 Å². The first-order chi connectivity index (χ1) is 9.78. The molecule has 0 aliphatic carbocycles. The van der Waals surface area contributed by atoms with E-state index in [9.17, 15) is 0 Å². The van der Waals surface area contributed by atoms with E-state index >= 15 is 0 Å². The first-order valence-electron chi connectivity index (χ1n) is 6.36. The number of benzene rings is 2. The van der Waals surface area contributed by atoms with Crippen LogP contribution in [0.5, 0.6) is 17.2 Å². The third-order valence-corrected chi connectivity index (χ3v) is 3.06. The van der Waals surface area contributed by atoms with Gasteiger partial charge in [0.1, 0.15) is 5.75 Å². The summed E-state index contributed by atoms with van der Waals surface area (Å²) in [7, 11) is 4.94. The third-order valence-electron chi connectivity index (χ3n) is 3.06. The maximum Gasteiger partial charge on any atom is 0.165 e. The first-order valence-corrected chi connectivity index (χ1v) is 6.36. The van der Waals surface area contributed by atoms with Crippen LogP contribution < -0.4 is 19.5 Å². The standard InChI is InChI=1S/C16H19NO3/c1-18-14-9-7-13(8-10-14)17-11-12-5-4-6-15(19-2)16(12)20-3/h4-10,17H,11H2,1-3H3. The minimum atomic E-state index is 0.659. The highest BCUT2D eigenvalue weighted by Crippen LogP contribution is 2.31. The summed E-state index contributed by atoms with van der Waals surface area (Å²) in [5.74, 6) is 2.34. The topological polar surface area (TPSA) is 39.7 Å². The molecule has 0 amide bonds. The van der Waals surface area contributed by atoms with Crippen LogP contribution in [0.15, 0.2) is 42.5 Å². The van der Waals surface area contributed by atoms with Gasteiger partial charge < -0.3 is 19.5 Å². The molecule has 0 saturated heterocycles. The second kappa shape index (κ2) is 6.70. The van der Waals surface area contributed by atoms with E-state index in [1.54, 1.807) is 21.3 Å². The molecular weight excluding hydrogens is 254 g/mol. The van der Waals surface area contributed by atoms with Gasteiger partial charge in [0.2, 0.25) is 0 Å². The van der Waals surface area contributed by atoms with Crippen LogP contribution in [0.3, 0.4) is 0 Å². The van der Waals surface area contributed by atoms with Gasteiger partial charge in [0.05, 0.1) is 21.3 Å². The van der Waals surface area contributed by atoms with Gasteiger partial charge in [-0.05, 0) is 30.3 Å². The van der Waals surface area contributed by atoms with Crippen molar-refractivity contribution in [2.45, 2.75) is 6.54 Å². The molecule has 1 N–H and O–H groups in total. The Morgan fingerprint density at radius 2 is 1.60 bits per heavy atom. The summed E-state index contributed by atoms with van der Waals surface area (Å²) in [6.45, 7) is 0.659. The molecule has 2 aromatic rings. The number of ether oxygens (including phenoxy) is 3. The van der Waals surface area contributed by atoms with Crippen molar-refractivity contribution in [1.82, 2.24) is 0 Å². The maximum absolute atomic E-state index is 5.41. The van der Waals surface area contributed by atoms with E-state index in [0.717, 1.165) is 28.5 Å². The zero-order valence-electron chi connectivity index (χ0n) is 12.0. The molecule has 2 rings (SSSR count). The fourth-order valence-corrected chi connectivity index (χ4v) is 2.00. The quantitative estimate of drug-likeness (QED) is 0.876. The molecule has 0 aliphatic heterocycles. The normalized spacial score (nSPS) is 9.95. The average molecular weight is 273 g/mol. The first kappa shape index (κ1) is 14.1. The Hall–Kier alpha value is -2.36. The number of hydrogen-bond donors (Lipinski definition) is 1. The van der Waals surface area contributed by atoms with E-state index < -0.39 is 0 Å². The minimum Gasteiger partial charge on any atom is -0.497 e. The van der Waals surface area contributed by atoms with E-state index in [0.29, 0.717) is 6.54 Å². The van der Waals surface area contributed by atoms with Gasteiger partial charge in [0, 0.05) is 17.8 Å². The van der Waals surface area contributed by atoms with E-state index in [1.807, 2.05) is 42.5 Å². The van der Waals surface area contributed by atoms with Crippen molar-refractivity contribution in [2.24, 2.45) is 0 Å². The number of methoxy groups -OCH3 is 3. The molecule has 0 heterocycles. The van der Waals surface area contributed by atoms with Crippen LogP contribution in [0.4, 0.5) is 5.69 Å². The summed E-state index contributed by atoms with van der Waals surface area (Å²) in [5, 5.41) is 3.35. The van der Waals surface area contributed by atoms with Crippen LogP contribution in [0, 0.1) is 0 Å². The van der Waals surface area contributed by atoms with E-state index in [-0.39, 0.29) is 0 Å². The number of para-hydroxylation sites is 1. The predicted octanol–water partition coefficient (Wildman–Crippen LogP) is 3.32. The molecule has 4 heteroatoms. The van der Waals surface area contributed by atoms with Gasteiger partial charge in [-0.1, -0.05) is 12.1 Å². The fourth-order valence-electron chi connectivity index (χ4n) is 2.00. The number of rotatable bonds is 6. The molecule has 4 nitrogen and oxygen atoms in total. The lowest BCUT2D eigenvalue weighted by Crippen LogP contribution is -2.02.